The zero-order valence-corrected chi connectivity index (χ0v) is 62.5. The van der Waals surface area contributed by atoms with E-state index in [1.165, 1.54) is 93.5 Å². The lowest BCUT2D eigenvalue weighted by Gasteiger charge is -2.13. The maximum atomic E-state index is 5.34. The molecule has 19 aromatic rings. The number of para-hydroxylation sites is 6. The number of amidine groups is 1. The molecule has 9 heteroatoms. The van der Waals surface area contributed by atoms with Crippen molar-refractivity contribution >= 4 is 117 Å². The summed E-state index contributed by atoms with van der Waals surface area (Å²) in [7, 11) is 0. The fourth-order valence-electron chi connectivity index (χ4n) is 16.9. The Balaban J connectivity index is 0.000000111. The second kappa shape index (κ2) is 30.1. The van der Waals surface area contributed by atoms with Gasteiger partial charge in [0.05, 0.1) is 45.1 Å². The molecule has 0 saturated heterocycles. The molecule has 22 rings (SSSR count). The van der Waals surface area contributed by atoms with Crippen molar-refractivity contribution in [3.8, 4) is 17.1 Å². The first-order chi connectivity index (χ1) is 56.6. The van der Waals surface area contributed by atoms with E-state index in [0.29, 0.717) is 6.54 Å². The Morgan fingerprint density at radius 1 is 0.246 bits per heavy atom. The van der Waals surface area contributed by atoms with Gasteiger partial charge in [0.25, 0.3) is 0 Å². The molecule has 0 spiro atoms. The molecule has 0 N–H and O–H groups in total. The minimum Gasteiger partial charge on any atom is -0.309 e. The van der Waals surface area contributed by atoms with Gasteiger partial charge in [-0.05, 0) is 136 Å². The molecule has 114 heavy (non-hydrogen) atoms. The van der Waals surface area contributed by atoms with E-state index in [-0.39, 0.29) is 5.92 Å². The highest BCUT2D eigenvalue weighted by Crippen LogP contribution is 2.39. The van der Waals surface area contributed by atoms with Crippen molar-refractivity contribution in [2.24, 2.45) is 15.2 Å². The number of hydrazone groups is 2. The first kappa shape index (κ1) is 68.2. The molecule has 0 radical (unpaired) electrons. The summed E-state index contributed by atoms with van der Waals surface area (Å²) in [5.74, 6) is 0.979. The van der Waals surface area contributed by atoms with Gasteiger partial charge in [0.2, 0.25) is 22.8 Å². The summed E-state index contributed by atoms with van der Waals surface area (Å²) in [6.07, 6.45) is 0.794. The minimum atomic E-state index is -0.00647. The molecule has 0 aliphatic carbocycles. The monoisotopic (exact) mass is 1460 g/mol. The van der Waals surface area contributed by atoms with Gasteiger partial charge in [0.1, 0.15) is 23.0 Å². The summed E-state index contributed by atoms with van der Waals surface area (Å²) < 4.78 is 13.6. The Hall–Kier alpha value is -15.1. The van der Waals surface area contributed by atoms with Crippen molar-refractivity contribution in [2.45, 2.75) is 12.3 Å². The number of rotatable bonds is 13. The van der Waals surface area contributed by atoms with E-state index in [2.05, 4.69) is 446 Å². The summed E-state index contributed by atoms with van der Waals surface area (Å²) in [5, 5.41) is 18.0. The van der Waals surface area contributed by atoms with Gasteiger partial charge in [-0.3, -0.25) is 0 Å². The molecule has 538 valence electrons. The van der Waals surface area contributed by atoms with Gasteiger partial charge in [0, 0.05) is 112 Å². The van der Waals surface area contributed by atoms with E-state index in [1.54, 1.807) is 0 Å². The van der Waals surface area contributed by atoms with Gasteiger partial charge in [-0.2, -0.15) is 4.58 Å². The molecule has 0 bridgehead atoms. The normalized spacial score (nSPS) is 14.0. The summed E-state index contributed by atoms with van der Waals surface area (Å²) in [6.45, 7) is 0.656. The van der Waals surface area contributed by atoms with Crippen LogP contribution in [0.2, 0.25) is 0 Å². The molecule has 6 heterocycles. The quantitative estimate of drug-likeness (QED) is 0.103. The predicted molar refractivity (Wildman–Crippen MR) is 471 cm³/mol. The summed E-state index contributed by atoms with van der Waals surface area (Å²) >= 11 is 0. The number of aliphatic imine (C=N–C) groups is 1. The van der Waals surface area contributed by atoms with Crippen LogP contribution in [0.15, 0.2) is 446 Å². The van der Waals surface area contributed by atoms with E-state index < -0.39 is 0 Å². The number of hydrogen-bond donors (Lipinski definition) is 0. The predicted octanol–water partition coefficient (Wildman–Crippen LogP) is 24.2. The summed E-state index contributed by atoms with van der Waals surface area (Å²) in [4.78, 5) is 4.98. The van der Waals surface area contributed by atoms with Crippen molar-refractivity contribution in [2.75, 3.05) is 6.54 Å². The molecule has 0 amide bonds. The lowest BCUT2D eigenvalue weighted by Crippen LogP contribution is -2.22. The number of fused-ring (bicyclic) bond motifs is 9. The van der Waals surface area contributed by atoms with Gasteiger partial charge < -0.3 is 13.7 Å². The number of benzene rings is 16. The lowest BCUT2D eigenvalue weighted by molar-refractivity contribution is -0.441. The van der Waals surface area contributed by atoms with Crippen LogP contribution in [0.4, 0.5) is 17.1 Å². The van der Waals surface area contributed by atoms with E-state index in [1.807, 2.05) is 12.1 Å². The van der Waals surface area contributed by atoms with Crippen LogP contribution in [0.1, 0.15) is 51.3 Å². The van der Waals surface area contributed by atoms with E-state index >= 15 is 0 Å². The SMILES string of the molecule is c1ccc(C2=NCC(c3ccccc3)=[N+]2c2ccc(-n3c4ccccc4c4ccccc43)cc2)cc1.c1ccc(C2=N[N+](c3ccc(-n4c5ccccc5c5ccccc54)cc3)=C(c3ccccc3)C2)cc1.c1ccc(C2=N[N+](c3ccc(-n4c5ccccc5c5ccccc54)cc3)=C(c3ccccc3)C2c2ccccc2)cc1. The van der Waals surface area contributed by atoms with Gasteiger partial charge >= 0.3 is 5.84 Å². The van der Waals surface area contributed by atoms with Gasteiger partial charge in [-0.15, -0.1) is 0 Å². The Labute approximate surface area is 661 Å². The average molecular weight is 1460 g/mol. The summed E-state index contributed by atoms with van der Waals surface area (Å²) in [6, 6.07) is 152. The molecule has 1 unspecified atom stereocenters. The van der Waals surface area contributed by atoms with Gasteiger partial charge in [0.15, 0.2) is 12.3 Å². The number of nitrogens with zero attached hydrogens (tertiary/aromatic N) is 9. The molecule has 3 aliphatic rings. The molecule has 0 fully saturated rings. The highest BCUT2D eigenvalue weighted by atomic mass is 15.4. The molecule has 3 aliphatic heterocycles. The average Bonchev–Trinajstić information content (AvgIpc) is 1.60. The molecule has 3 aromatic heterocycles. The summed E-state index contributed by atoms with van der Waals surface area (Å²) in [5.41, 5.74) is 27.8. The fourth-order valence-corrected chi connectivity index (χ4v) is 16.9. The van der Waals surface area contributed by atoms with Crippen molar-refractivity contribution in [3.63, 3.8) is 0 Å². The van der Waals surface area contributed by atoms with Crippen molar-refractivity contribution < 1.29 is 13.9 Å². The third-order valence-corrected chi connectivity index (χ3v) is 22.1. The first-order valence-corrected chi connectivity index (χ1v) is 38.9. The zero-order chi connectivity index (χ0) is 75.7. The van der Waals surface area contributed by atoms with Crippen LogP contribution in [0.5, 0.6) is 0 Å². The zero-order valence-electron chi connectivity index (χ0n) is 62.5. The van der Waals surface area contributed by atoms with Crippen LogP contribution in [0.25, 0.3) is 82.5 Å². The topological polar surface area (TPSA) is 60.9 Å². The van der Waals surface area contributed by atoms with Crippen LogP contribution in [0, 0.1) is 0 Å². The van der Waals surface area contributed by atoms with Crippen LogP contribution >= 0.6 is 0 Å². The second-order valence-corrected chi connectivity index (χ2v) is 28.8. The maximum absolute atomic E-state index is 5.34. The van der Waals surface area contributed by atoms with E-state index in [9.17, 15) is 0 Å². The molecule has 0 saturated carbocycles. The van der Waals surface area contributed by atoms with Crippen LogP contribution < -0.4 is 0 Å². The highest BCUT2D eigenvalue weighted by Gasteiger charge is 2.42. The third-order valence-electron chi connectivity index (χ3n) is 22.1. The smallest absolute Gasteiger partial charge is 0.309 e. The highest BCUT2D eigenvalue weighted by molar-refractivity contribution is 6.24. The fraction of sp³-hybridized carbons (Fsp3) is 0.0286. The maximum Gasteiger partial charge on any atom is 0.330 e. The third kappa shape index (κ3) is 12.6. The van der Waals surface area contributed by atoms with Gasteiger partial charge in [-0.25, -0.2) is 0 Å². The molecule has 9 nitrogen and oxygen atoms in total. The molecular formula is C105H76N9+3. The van der Waals surface area contributed by atoms with Crippen molar-refractivity contribution in [1.29, 1.82) is 0 Å². The van der Waals surface area contributed by atoms with E-state index in [0.717, 1.165) is 85.8 Å². The lowest BCUT2D eigenvalue weighted by atomic mass is 9.84. The van der Waals surface area contributed by atoms with Gasteiger partial charge in [-0.1, -0.05) is 290 Å². The van der Waals surface area contributed by atoms with Crippen molar-refractivity contribution in [1.82, 2.24) is 13.7 Å². The number of hydrogen-bond acceptors (Lipinski definition) is 3. The largest absolute Gasteiger partial charge is 0.330 e. The number of aromatic nitrogens is 3. The van der Waals surface area contributed by atoms with E-state index in [4.69, 9.17) is 15.2 Å². The Morgan fingerprint density at radius 2 is 0.553 bits per heavy atom. The standard InChI is InChI=1S/C39H28N3.2C33H24N3/c1-4-14-28(15-5-1)37-38(29-16-6-2-7-17-29)40-42(39(37)30-18-8-3-9-19-30)32-26-24-31(25-27-32)41-35-22-12-10-20-33(35)34-21-11-13-23-36(34)41;1-3-11-24(12-4-1)30-23-33(25-13-5-2-6-14-25)36(34-30)27-21-19-26(20-22-27)35-31-17-9-7-15-28(31)29-16-8-10-18-32(29)35;1-3-11-24(12-4-1)32-23-34-33(25-13-5-2-6-14-25)36(32)27-21-19-26(20-22-27)35-30-17-9-7-15-28(30)29-16-8-10-18-31(29)35/h1-27,37H;2*1-22H,23H2/q3*+1. The molecular weight excluding hydrogens is 1390 g/mol. The molecule has 16 aromatic carbocycles. The van der Waals surface area contributed by atoms with Crippen LogP contribution in [0.3, 0.4) is 0 Å². The Morgan fingerprint density at radius 3 is 0.947 bits per heavy atom. The van der Waals surface area contributed by atoms with Crippen LogP contribution in [-0.2, 0) is 0 Å². The van der Waals surface area contributed by atoms with Crippen LogP contribution in [-0.4, -0.2) is 68.6 Å². The minimum absolute atomic E-state index is 0.00647. The second-order valence-electron chi connectivity index (χ2n) is 28.8. The Bertz CT molecular complexity index is 6840. The Kier molecular flexibility index (Phi) is 18.0. The molecule has 1 atom stereocenters. The first-order valence-electron chi connectivity index (χ1n) is 38.9. The van der Waals surface area contributed by atoms with Crippen molar-refractivity contribution in [3.05, 3.63) is 470 Å².